The molecule has 11 heteroatoms. The first-order chi connectivity index (χ1) is 14.0. The van der Waals surface area contributed by atoms with Crippen LogP contribution in [0.5, 0.6) is 0 Å². The summed E-state index contributed by atoms with van der Waals surface area (Å²) in [6, 6.07) is 4.28. The number of amides is 1. The van der Waals surface area contributed by atoms with Gasteiger partial charge in [0.05, 0.1) is 23.0 Å². The zero-order chi connectivity index (χ0) is 20.1. The van der Waals surface area contributed by atoms with E-state index in [4.69, 9.17) is 11.6 Å². The molecule has 1 unspecified atom stereocenters. The molecule has 0 radical (unpaired) electrons. The summed E-state index contributed by atoms with van der Waals surface area (Å²) in [5.74, 6) is 0.593. The SMILES string of the molecule is Cc1nn(-c2ncnc3nc[nH]c23)c2c1C(c1ccc(F)cc1Cl)SCC(=O)N2. The average Bonchev–Trinajstić information content (AvgIpc) is 3.24. The largest absolute Gasteiger partial charge is 0.340 e. The Hall–Kier alpha value is -2.98. The maximum absolute atomic E-state index is 13.6. The van der Waals surface area contributed by atoms with Crippen molar-refractivity contribution in [1.29, 1.82) is 0 Å². The minimum absolute atomic E-state index is 0.173. The molecular formula is C18H13ClFN7OS. The molecule has 1 amide bonds. The fourth-order valence-corrected chi connectivity index (χ4v) is 4.97. The second-order valence-corrected chi connectivity index (χ2v) is 7.96. The highest BCUT2D eigenvalue weighted by Crippen LogP contribution is 2.46. The number of rotatable bonds is 2. The van der Waals surface area contributed by atoms with Crippen LogP contribution in [-0.2, 0) is 4.79 Å². The number of carbonyl (C=O) groups is 1. The van der Waals surface area contributed by atoms with Crippen molar-refractivity contribution < 1.29 is 9.18 Å². The van der Waals surface area contributed by atoms with Gasteiger partial charge in [-0.15, -0.1) is 11.8 Å². The summed E-state index contributed by atoms with van der Waals surface area (Å²) < 4.78 is 15.1. The Bertz CT molecular complexity index is 1270. The third-order valence-electron chi connectivity index (χ3n) is 4.66. The van der Waals surface area contributed by atoms with Crippen LogP contribution in [0.2, 0.25) is 5.02 Å². The molecule has 29 heavy (non-hydrogen) atoms. The standard InChI is InChI=1S/C18H13ClFN7OS/c1-8-13-15(10-3-2-9(20)4-11(10)19)29-5-12(28)25-17(13)27(26-8)18-14-16(22-6-21-14)23-7-24-18/h2-4,6-7,15H,5H2,1H3,(H,25,28)(H,21,22,23,24). The highest BCUT2D eigenvalue weighted by molar-refractivity contribution is 8.00. The van der Waals surface area contributed by atoms with Crippen LogP contribution in [0.15, 0.2) is 30.9 Å². The molecule has 0 saturated carbocycles. The minimum Gasteiger partial charge on any atom is -0.340 e. The maximum Gasteiger partial charge on any atom is 0.235 e. The molecule has 1 aliphatic heterocycles. The molecule has 5 rings (SSSR count). The molecular weight excluding hydrogens is 417 g/mol. The maximum atomic E-state index is 13.6. The van der Waals surface area contributed by atoms with Gasteiger partial charge in [-0.05, 0) is 24.6 Å². The van der Waals surface area contributed by atoms with Crippen molar-refractivity contribution in [3.8, 4) is 5.82 Å². The normalized spacial score (nSPS) is 16.5. The summed E-state index contributed by atoms with van der Waals surface area (Å²) in [6.45, 7) is 1.85. The summed E-state index contributed by atoms with van der Waals surface area (Å²) in [5, 5.41) is 7.55. The van der Waals surface area contributed by atoms with Gasteiger partial charge in [-0.3, -0.25) is 4.79 Å². The number of imidazole rings is 1. The van der Waals surface area contributed by atoms with Gasteiger partial charge in [0.15, 0.2) is 11.5 Å². The van der Waals surface area contributed by atoms with Crippen molar-refractivity contribution in [3.63, 3.8) is 0 Å². The molecule has 0 aliphatic carbocycles. The number of carbonyl (C=O) groups excluding carboxylic acids is 1. The van der Waals surface area contributed by atoms with Crippen molar-refractivity contribution in [2.45, 2.75) is 12.2 Å². The molecule has 0 saturated heterocycles. The number of hydrogen-bond donors (Lipinski definition) is 2. The number of halogens is 2. The van der Waals surface area contributed by atoms with Crippen LogP contribution >= 0.6 is 23.4 Å². The van der Waals surface area contributed by atoms with Crippen molar-refractivity contribution in [1.82, 2.24) is 29.7 Å². The van der Waals surface area contributed by atoms with Gasteiger partial charge in [0, 0.05) is 10.6 Å². The average molecular weight is 430 g/mol. The van der Waals surface area contributed by atoms with Crippen molar-refractivity contribution in [2.24, 2.45) is 0 Å². The molecule has 2 N–H and O–H groups in total. The molecule has 4 aromatic rings. The van der Waals surface area contributed by atoms with Crippen LogP contribution in [0.25, 0.3) is 17.0 Å². The quantitative estimate of drug-likeness (QED) is 0.506. The van der Waals surface area contributed by atoms with Gasteiger partial charge in [0.1, 0.15) is 23.5 Å². The first-order valence-electron chi connectivity index (χ1n) is 8.63. The Labute approximate surface area is 172 Å². The lowest BCUT2D eigenvalue weighted by Crippen LogP contribution is -2.16. The van der Waals surface area contributed by atoms with Gasteiger partial charge in [-0.25, -0.2) is 19.3 Å². The second kappa shape index (κ2) is 6.82. The minimum atomic E-state index is -0.415. The number of fused-ring (bicyclic) bond motifs is 2. The number of H-pyrrole nitrogens is 1. The van der Waals surface area contributed by atoms with Gasteiger partial charge in [0.25, 0.3) is 0 Å². The Balaban J connectivity index is 1.74. The van der Waals surface area contributed by atoms with Crippen LogP contribution in [0.4, 0.5) is 10.2 Å². The number of hydrogen-bond acceptors (Lipinski definition) is 6. The van der Waals surface area contributed by atoms with Crippen LogP contribution in [0.1, 0.15) is 22.1 Å². The smallest absolute Gasteiger partial charge is 0.235 e. The molecule has 0 bridgehead atoms. The molecule has 0 spiro atoms. The molecule has 1 aliphatic rings. The monoisotopic (exact) mass is 429 g/mol. The molecule has 8 nitrogen and oxygen atoms in total. The lowest BCUT2D eigenvalue weighted by atomic mass is 10.0. The van der Waals surface area contributed by atoms with Crippen LogP contribution in [0, 0.1) is 12.7 Å². The van der Waals surface area contributed by atoms with E-state index in [0.717, 1.165) is 5.56 Å². The van der Waals surface area contributed by atoms with Crippen LogP contribution in [0.3, 0.4) is 0 Å². The number of nitrogens with one attached hydrogen (secondary N) is 2. The summed E-state index contributed by atoms with van der Waals surface area (Å²) in [7, 11) is 0. The fourth-order valence-electron chi connectivity index (χ4n) is 3.41. The topological polar surface area (TPSA) is 101 Å². The van der Waals surface area contributed by atoms with E-state index in [0.29, 0.717) is 39.1 Å². The lowest BCUT2D eigenvalue weighted by molar-refractivity contribution is -0.113. The van der Waals surface area contributed by atoms with Gasteiger partial charge in [0.2, 0.25) is 5.91 Å². The first-order valence-corrected chi connectivity index (χ1v) is 10.1. The van der Waals surface area contributed by atoms with Crippen LogP contribution in [-0.4, -0.2) is 41.4 Å². The predicted octanol–water partition coefficient (Wildman–Crippen LogP) is 3.41. The van der Waals surface area contributed by atoms with E-state index in [-0.39, 0.29) is 16.9 Å². The highest BCUT2D eigenvalue weighted by Gasteiger charge is 2.32. The predicted molar refractivity (Wildman–Crippen MR) is 108 cm³/mol. The number of aromatic amines is 1. The Morgan fingerprint density at radius 3 is 3.00 bits per heavy atom. The number of thioether (sulfide) groups is 1. The number of anilines is 1. The third-order valence-corrected chi connectivity index (χ3v) is 6.24. The van der Waals surface area contributed by atoms with Crippen molar-refractivity contribution in [3.05, 3.63) is 58.5 Å². The summed E-state index contributed by atoms with van der Waals surface area (Å²) in [5.41, 5.74) is 3.30. The number of benzene rings is 1. The molecule has 1 aromatic carbocycles. The molecule has 146 valence electrons. The highest BCUT2D eigenvalue weighted by atomic mass is 35.5. The Morgan fingerprint density at radius 2 is 2.17 bits per heavy atom. The molecule has 3 aromatic heterocycles. The van der Waals surface area contributed by atoms with E-state index in [1.807, 2.05) is 6.92 Å². The zero-order valence-corrected chi connectivity index (χ0v) is 16.6. The van der Waals surface area contributed by atoms with Gasteiger partial charge >= 0.3 is 0 Å². The summed E-state index contributed by atoms with van der Waals surface area (Å²) in [6.07, 6.45) is 2.91. The van der Waals surface area contributed by atoms with E-state index < -0.39 is 5.82 Å². The van der Waals surface area contributed by atoms with E-state index >= 15 is 0 Å². The Kier molecular flexibility index (Phi) is 4.25. The third kappa shape index (κ3) is 2.95. The van der Waals surface area contributed by atoms with E-state index in [1.165, 1.54) is 36.5 Å². The Morgan fingerprint density at radius 1 is 1.31 bits per heavy atom. The van der Waals surface area contributed by atoms with E-state index in [1.54, 1.807) is 10.7 Å². The van der Waals surface area contributed by atoms with Crippen molar-refractivity contribution >= 4 is 46.3 Å². The van der Waals surface area contributed by atoms with Crippen molar-refractivity contribution in [2.75, 3.05) is 11.1 Å². The number of nitrogens with zero attached hydrogens (tertiary/aromatic N) is 5. The van der Waals surface area contributed by atoms with Gasteiger partial charge < -0.3 is 10.3 Å². The van der Waals surface area contributed by atoms with Crippen LogP contribution < -0.4 is 5.32 Å². The zero-order valence-electron chi connectivity index (χ0n) is 15.0. The molecule has 1 atom stereocenters. The second-order valence-electron chi connectivity index (χ2n) is 6.46. The lowest BCUT2D eigenvalue weighted by Gasteiger charge is -2.16. The molecule has 4 heterocycles. The number of aryl methyl sites for hydroxylation is 1. The van der Waals surface area contributed by atoms with E-state index in [9.17, 15) is 9.18 Å². The summed E-state index contributed by atoms with van der Waals surface area (Å²) in [4.78, 5) is 28.1. The van der Waals surface area contributed by atoms with E-state index in [2.05, 4.69) is 30.4 Å². The van der Waals surface area contributed by atoms with Gasteiger partial charge in [-0.1, -0.05) is 17.7 Å². The van der Waals surface area contributed by atoms with Gasteiger partial charge in [-0.2, -0.15) is 9.78 Å². The number of aromatic nitrogens is 6. The fraction of sp³-hybridized carbons (Fsp3) is 0.167. The molecule has 0 fully saturated rings. The first kappa shape index (κ1) is 18.1. The summed E-state index contributed by atoms with van der Waals surface area (Å²) >= 11 is 7.75.